The Morgan fingerprint density at radius 3 is 2.74 bits per heavy atom. The summed E-state index contributed by atoms with van der Waals surface area (Å²) in [6.45, 7) is 1.06. The summed E-state index contributed by atoms with van der Waals surface area (Å²) in [5.74, 6) is 0.824. The molecule has 1 aromatic heterocycles. The first kappa shape index (κ1) is 14.1. The molecule has 0 radical (unpaired) electrons. The molecule has 7 heteroatoms. The van der Waals surface area contributed by atoms with Crippen molar-refractivity contribution in [2.45, 2.75) is 16.6 Å². The molecule has 0 aliphatic carbocycles. The first-order valence-electron chi connectivity index (χ1n) is 5.69. The fourth-order valence-corrected chi connectivity index (χ4v) is 2.59. The maximum atomic E-state index is 11.4. The number of hydrogen-bond acceptors (Lipinski definition) is 5. The molecule has 0 unspecified atom stereocenters. The smallest absolute Gasteiger partial charge is 0.221 e. The molecule has 0 N–H and O–H groups in total. The fourth-order valence-electron chi connectivity index (χ4n) is 1.55. The van der Waals surface area contributed by atoms with Crippen molar-refractivity contribution < 1.29 is 8.95 Å². The van der Waals surface area contributed by atoms with E-state index >= 15 is 0 Å². The van der Waals surface area contributed by atoms with Crippen LogP contribution in [0.2, 0.25) is 0 Å². The molecule has 0 saturated heterocycles. The Kier molecular flexibility index (Phi) is 4.98. The first-order chi connectivity index (χ1) is 9.20. The summed E-state index contributed by atoms with van der Waals surface area (Å²) in [7, 11) is -1.13. The van der Waals surface area contributed by atoms with Gasteiger partial charge in [-0.3, -0.25) is 4.21 Å². The molecule has 1 heterocycles. The van der Waals surface area contributed by atoms with Gasteiger partial charge in [-0.25, -0.2) is 0 Å². The number of rotatable bonds is 6. The summed E-state index contributed by atoms with van der Waals surface area (Å²) < 4.78 is 18.7. The standard InChI is InChI=1S/C12H15N3O2S2/c1-18-11-5-3-10(4-6-11)17-8-7-15-9-13-14-12(15)19(2)16/h3-6,9H,7-8H2,1-2H3/t19-/m1/s1. The van der Waals surface area contributed by atoms with Gasteiger partial charge >= 0.3 is 0 Å². The van der Waals surface area contributed by atoms with Gasteiger partial charge in [-0.15, -0.1) is 22.0 Å². The molecule has 0 saturated carbocycles. The number of thioether (sulfide) groups is 1. The second-order valence-corrected chi connectivity index (χ2v) is 5.94. The summed E-state index contributed by atoms with van der Waals surface area (Å²) in [6.07, 6.45) is 5.19. The SMILES string of the molecule is CSc1ccc(OCCn2cnnc2[S@@](C)=O)cc1. The lowest BCUT2D eigenvalue weighted by Crippen LogP contribution is -2.11. The Morgan fingerprint density at radius 1 is 1.37 bits per heavy atom. The minimum Gasteiger partial charge on any atom is -0.492 e. The molecule has 0 aliphatic heterocycles. The molecular formula is C12H15N3O2S2. The minimum absolute atomic E-state index is 0.473. The molecule has 1 atom stereocenters. The van der Waals surface area contributed by atoms with Gasteiger partial charge in [-0.2, -0.15) is 0 Å². The second kappa shape index (κ2) is 6.72. The van der Waals surface area contributed by atoms with E-state index in [1.165, 1.54) is 4.90 Å². The lowest BCUT2D eigenvalue weighted by atomic mass is 10.3. The van der Waals surface area contributed by atoms with Crippen LogP contribution in [0.3, 0.4) is 0 Å². The van der Waals surface area contributed by atoms with Crippen molar-refractivity contribution in [1.82, 2.24) is 14.8 Å². The van der Waals surface area contributed by atoms with Gasteiger partial charge in [-0.1, -0.05) is 0 Å². The first-order valence-corrected chi connectivity index (χ1v) is 8.47. The van der Waals surface area contributed by atoms with Crippen LogP contribution < -0.4 is 4.74 Å². The van der Waals surface area contributed by atoms with Gasteiger partial charge in [0, 0.05) is 11.2 Å². The highest BCUT2D eigenvalue weighted by Gasteiger charge is 2.07. The van der Waals surface area contributed by atoms with Crippen LogP contribution in [0, 0.1) is 0 Å². The third-order valence-electron chi connectivity index (χ3n) is 2.50. The molecule has 5 nitrogen and oxygen atoms in total. The Balaban J connectivity index is 1.89. The zero-order valence-corrected chi connectivity index (χ0v) is 12.4. The van der Waals surface area contributed by atoms with E-state index < -0.39 is 10.8 Å². The van der Waals surface area contributed by atoms with Crippen LogP contribution in [0.25, 0.3) is 0 Å². The largest absolute Gasteiger partial charge is 0.492 e. The number of ether oxygens (including phenoxy) is 1. The minimum atomic E-state index is -1.13. The third kappa shape index (κ3) is 3.81. The second-order valence-electron chi connectivity index (χ2n) is 3.79. The molecule has 2 aromatic rings. The van der Waals surface area contributed by atoms with Crippen LogP contribution in [0.1, 0.15) is 0 Å². The maximum absolute atomic E-state index is 11.4. The number of hydrogen-bond donors (Lipinski definition) is 0. The molecule has 2 rings (SSSR count). The number of benzene rings is 1. The Bertz CT molecular complexity index is 554. The van der Waals surface area contributed by atoms with Crippen LogP contribution in [0.15, 0.2) is 40.6 Å². The maximum Gasteiger partial charge on any atom is 0.221 e. The van der Waals surface area contributed by atoms with Gasteiger partial charge in [-0.05, 0) is 30.5 Å². The van der Waals surface area contributed by atoms with Crippen molar-refractivity contribution in [2.75, 3.05) is 19.1 Å². The Labute approximate surface area is 118 Å². The molecule has 0 bridgehead atoms. The van der Waals surface area contributed by atoms with Crippen LogP contribution in [-0.4, -0.2) is 38.1 Å². The van der Waals surface area contributed by atoms with Gasteiger partial charge in [0.15, 0.2) is 0 Å². The normalized spacial score (nSPS) is 12.3. The molecule has 0 amide bonds. The zero-order chi connectivity index (χ0) is 13.7. The number of aromatic nitrogens is 3. The summed E-state index contributed by atoms with van der Waals surface area (Å²) >= 11 is 1.69. The highest BCUT2D eigenvalue weighted by Crippen LogP contribution is 2.18. The van der Waals surface area contributed by atoms with Gasteiger partial charge in [0.25, 0.3) is 0 Å². The highest BCUT2D eigenvalue weighted by molar-refractivity contribution is 7.98. The summed E-state index contributed by atoms with van der Waals surface area (Å²) in [5, 5.41) is 8.05. The lowest BCUT2D eigenvalue weighted by Gasteiger charge is -2.08. The van der Waals surface area contributed by atoms with E-state index in [1.54, 1.807) is 28.9 Å². The average Bonchev–Trinajstić information content (AvgIpc) is 2.88. The summed E-state index contributed by atoms with van der Waals surface area (Å²) in [5.41, 5.74) is 0. The van der Waals surface area contributed by atoms with Gasteiger partial charge in [0.2, 0.25) is 5.16 Å². The average molecular weight is 297 g/mol. The molecule has 1 aromatic carbocycles. The Morgan fingerprint density at radius 2 is 2.11 bits per heavy atom. The fraction of sp³-hybridized carbons (Fsp3) is 0.333. The number of nitrogens with zero attached hydrogens (tertiary/aromatic N) is 3. The van der Waals surface area contributed by atoms with Gasteiger partial charge < -0.3 is 9.30 Å². The van der Waals surface area contributed by atoms with Crippen LogP contribution in [0.5, 0.6) is 5.75 Å². The van der Waals surface area contributed by atoms with E-state index in [0.717, 1.165) is 5.75 Å². The molecule has 19 heavy (non-hydrogen) atoms. The summed E-state index contributed by atoms with van der Waals surface area (Å²) in [4.78, 5) is 1.20. The molecular weight excluding hydrogens is 282 g/mol. The lowest BCUT2D eigenvalue weighted by molar-refractivity contribution is 0.293. The van der Waals surface area contributed by atoms with Crippen molar-refractivity contribution in [1.29, 1.82) is 0 Å². The molecule has 0 aliphatic rings. The van der Waals surface area contributed by atoms with E-state index in [1.807, 2.05) is 30.5 Å². The van der Waals surface area contributed by atoms with E-state index in [9.17, 15) is 4.21 Å². The molecule has 0 fully saturated rings. The van der Waals surface area contributed by atoms with Crippen molar-refractivity contribution in [3.05, 3.63) is 30.6 Å². The Hall–Kier alpha value is -1.34. The third-order valence-corrected chi connectivity index (χ3v) is 4.07. The van der Waals surface area contributed by atoms with E-state index in [-0.39, 0.29) is 0 Å². The predicted molar refractivity (Wildman–Crippen MR) is 76.1 cm³/mol. The van der Waals surface area contributed by atoms with E-state index in [2.05, 4.69) is 10.2 Å². The topological polar surface area (TPSA) is 57.0 Å². The van der Waals surface area contributed by atoms with Gasteiger partial charge in [0.05, 0.1) is 17.3 Å². The van der Waals surface area contributed by atoms with Crippen LogP contribution in [-0.2, 0) is 17.3 Å². The van der Waals surface area contributed by atoms with Crippen LogP contribution in [0.4, 0.5) is 0 Å². The quantitative estimate of drug-likeness (QED) is 0.761. The monoisotopic (exact) mass is 297 g/mol. The van der Waals surface area contributed by atoms with Crippen molar-refractivity contribution in [2.24, 2.45) is 0 Å². The molecule has 102 valence electrons. The predicted octanol–water partition coefficient (Wildman–Crippen LogP) is 1.82. The van der Waals surface area contributed by atoms with Gasteiger partial charge in [0.1, 0.15) is 18.7 Å². The summed E-state index contributed by atoms with van der Waals surface area (Å²) in [6, 6.07) is 7.92. The van der Waals surface area contributed by atoms with Crippen molar-refractivity contribution in [3.63, 3.8) is 0 Å². The zero-order valence-electron chi connectivity index (χ0n) is 10.8. The van der Waals surface area contributed by atoms with E-state index in [0.29, 0.717) is 18.3 Å². The molecule has 0 spiro atoms. The van der Waals surface area contributed by atoms with Crippen molar-refractivity contribution >= 4 is 22.6 Å². The van der Waals surface area contributed by atoms with E-state index in [4.69, 9.17) is 4.74 Å². The van der Waals surface area contributed by atoms with Crippen LogP contribution >= 0.6 is 11.8 Å². The van der Waals surface area contributed by atoms with Crippen molar-refractivity contribution in [3.8, 4) is 5.75 Å². The highest BCUT2D eigenvalue weighted by atomic mass is 32.2.